The minimum absolute atomic E-state index is 0.0223. The number of morpholine rings is 1. The molecule has 17 heavy (non-hydrogen) atoms. The molecule has 0 spiro atoms. The second-order valence-electron chi connectivity index (χ2n) is 3.91. The molecule has 0 bridgehead atoms. The third kappa shape index (κ3) is 3.12. The van der Waals surface area contributed by atoms with E-state index in [9.17, 15) is 4.79 Å². The lowest BCUT2D eigenvalue weighted by atomic mass is 10.2. The molecule has 0 saturated carbocycles. The summed E-state index contributed by atoms with van der Waals surface area (Å²) in [5.74, 6) is 0.380. The average Bonchev–Trinajstić information content (AvgIpc) is 2.38. The number of ether oxygens (including phenoxy) is 1. The Morgan fingerprint density at radius 1 is 1.53 bits per heavy atom. The van der Waals surface area contributed by atoms with E-state index in [2.05, 4.69) is 0 Å². The topological polar surface area (TPSA) is 29.5 Å². The van der Waals surface area contributed by atoms with Crippen LogP contribution in [0, 0.1) is 0 Å². The molecule has 5 heteroatoms. The highest BCUT2D eigenvalue weighted by Gasteiger charge is 2.24. The first-order chi connectivity index (χ1) is 8.20. The fourth-order valence-corrected chi connectivity index (χ4v) is 2.18. The molecule has 2 rings (SSSR count). The molecule has 0 radical (unpaired) electrons. The molecule has 1 heterocycles. The Hall–Kier alpha value is -0.770. The molecular formula is C12H13Cl2NO2. The van der Waals surface area contributed by atoms with E-state index in [1.807, 2.05) is 0 Å². The second-order valence-corrected chi connectivity index (χ2v) is 4.65. The van der Waals surface area contributed by atoms with Gasteiger partial charge in [0.1, 0.15) is 0 Å². The van der Waals surface area contributed by atoms with Crippen LogP contribution in [-0.2, 0) is 4.74 Å². The molecule has 1 fully saturated rings. The average molecular weight is 274 g/mol. The Morgan fingerprint density at radius 2 is 2.35 bits per heavy atom. The van der Waals surface area contributed by atoms with Crippen molar-refractivity contribution in [3.63, 3.8) is 0 Å². The zero-order valence-corrected chi connectivity index (χ0v) is 10.7. The van der Waals surface area contributed by atoms with Crippen molar-refractivity contribution in [3.05, 3.63) is 34.9 Å². The molecule has 1 aliphatic heterocycles. The Labute approximate surface area is 110 Å². The van der Waals surface area contributed by atoms with Gasteiger partial charge in [0, 0.05) is 23.7 Å². The van der Waals surface area contributed by atoms with Gasteiger partial charge in [0.15, 0.2) is 0 Å². The number of amides is 1. The summed E-state index contributed by atoms with van der Waals surface area (Å²) in [4.78, 5) is 13.9. The van der Waals surface area contributed by atoms with Crippen LogP contribution in [0.4, 0.5) is 0 Å². The summed E-state index contributed by atoms with van der Waals surface area (Å²) in [5.41, 5.74) is 0.604. The molecule has 1 aliphatic rings. The van der Waals surface area contributed by atoms with Crippen molar-refractivity contribution < 1.29 is 9.53 Å². The molecule has 0 aliphatic carbocycles. The van der Waals surface area contributed by atoms with Gasteiger partial charge >= 0.3 is 0 Å². The molecule has 1 atom stereocenters. The van der Waals surface area contributed by atoms with E-state index in [0.717, 1.165) is 0 Å². The van der Waals surface area contributed by atoms with Crippen LogP contribution in [0.3, 0.4) is 0 Å². The highest BCUT2D eigenvalue weighted by Crippen LogP contribution is 2.15. The van der Waals surface area contributed by atoms with Crippen LogP contribution in [0.25, 0.3) is 0 Å². The summed E-state index contributed by atoms with van der Waals surface area (Å²) >= 11 is 11.6. The second kappa shape index (κ2) is 5.71. The first-order valence-corrected chi connectivity index (χ1v) is 6.34. The van der Waals surface area contributed by atoms with E-state index < -0.39 is 0 Å². The molecule has 1 saturated heterocycles. The van der Waals surface area contributed by atoms with Gasteiger partial charge in [-0.25, -0.2) is 0 Å². The molecule has 1 unspecified atom stereocenters. The van der Waals surface area contributed by atoms with Crippen LogP contribution in [-0.4, -0.2) is 42.5 Å². The van der Waals surface area contributed by atoms with Crippen LogP contribution >= 0.6 is 23.2 Å². The summed E-state index contributed by atoms with van der Waals surface area (Å²) in [6.07, 6.45) is -0.0754. The summed E-state index contributed by atoms with van der Waals surface area (Å²) in [5, 5.41) is 0.568. The van der Waals surface area contributed by atoms with Crippen LogP contribution < -0.4 is 0 Å². The third-order valence-corrected chi connectivity index (χ3v) is 3.25. The Kier molecular flexibility index (Phi) is 4.26. The van der Waals surface area contributed by atoms with Gasteiger partial charge in [-0.1, -0.05) is 17.7 Å². The van der Waals surface area contributed by atoms with Crippen molar-refractivity contribution in [1.82, 2.24) is 4.90 Å². The fraction of sp³-hybridized carbons (Fsp3) is 0.417. The molecule has 0 aromatic heterocycles. The minimum Gasteiger partial charge on any atom is -0.373 e. The van der Waals surface area contributed by atoms with Crippen LogP contribution in [0.1, 0.15) is 10.4 Å². The molecule has 3 nitrogen and oxygen atoms in total. The molecule has 1 aromatic rings. The number of nitrogens with zero attached hydrogens (tertiary/aromatic N) is 1. The maximum absolute atomic E-state index is 12.2. The van der Waals surface area contributed by atoms with Gasteiger partial charge in [-0.2, -0.15) is 0 Å². The predicted molar refractivity (Wildman–Crippen MR) is 67.8 cm³/mol. The van der Waals surface area contributed by atoms with Crippen molar-refractivity contribution in [2.75, 3.05) is 25.6 Å². The first kappa shape index (κ1) is 12.7. The number of alkyl halides is 1. The van der Waals surface area contributed by atoms with Crippen LogP contribution in [0.5, 0.6) is 0 Å². The van der Waals surface area contributed by atoms with Crippen LogP contribution in [0.15, 0.2) is 24.3 Å². The summed E-state index contributed by atoms with van der Waals surface area (Å²) in [6, 6.07) is 6.96. The Morgan fingerprint density at radius 3 is 3.06 bits per heavy atom. The maximum Gasteiger partial charge on any atom is 0.254 e. The first-order valence-electron chi connectivity index (χ1n) is 5.43. The van der Waals surface area contributed by atoms with Crippen LogP contribution in [0.2, 0.25) is 5.02 Å². The summed E-state index contributed by atoms with van der Waals surface area (Å²) in [6.45, 7) is 1.66. The molecule has 92 valence electrons. The van der Waals surface area contributed by atoms with Gasteiger partial charge in [-0.05, 0) is 18.2 Å². The number of hydrogen-bond acceptors (Lipinski definition) is 2. The maximum atomic E-state index is 12.2. The zero-order valence-electron chi connectivity index (χ0n) is 9.23. The van der Waals surface area contributed by atoms with Crippen molar-refractivity contribution in [1.29, 1.82) is 0 Å². The van der Waals surface area contributed by atoms with Crippen molar-refractivity contribution in [3.8, 4) is 0 Å². The van der Waals surface area contributed by atoms with Crippen molar-refractivity contribution in [2.24, 2.45) is 0 Å². The van der Waals surface area contributed by atoms with Gasteiger partial charge in [0.2, 0.25) is 0 Å². The summed E-state index contributed by atoms with van der Waals surface area (Å²) < 4.78 is 5.42. The van der Waals surface area contributed by atoms with Gasteiger partial charge in [0.05, 0.1) is 18.6 Å². The largest absolute Gasteiger partial charge is 0.373 e. The number of benzene rings is 1. The quantitative estimate of drug-likeness (QED) is 0.775. The highest BCUT2D eigenvalue weighted by atomic mass is 35.5. The monoisotopic (exact) mass is 273 g/mol. The van der Waals surface area contributed by atoms with Gasteiger partial charge < -0.3 is 9.64 Å². The lowest BCUT2D eigenvalue weighted by molar-refractivity contribution is -0.0108. The molecule has 0 N–H and O–H groups in total. The molecule has 1 amide bonds. The normalized spacial score (nSPS) is 20.4. The highest BCUT2D eigenvalue weighted by molar-refractivity contribution is 6.30. The smallest absolute Gasteiger partial charge is 0.254 e. The molecular weight excluding hydrogens is 261 g/mol. The van der Waals surface area contributed by atoms with E-state index in [-0.39, 0.29) is 12.0 Å². The standard InChI is InChI=1S/C12H13Cl2NO2/c13-7-11-8-15(4-5-17-11)12(16)9-2-1-3-10(14)6-9/h1-3,6,11H,4-5,7-8H2. The summed E-state index contributed by atoms with van der Waals surface area (Å²) in [7, 11) is 0. The van der Waals surface area contributed by atoms with Gasteiger partial charge in [-0.15, -0.1) is 11.6 Å². The Balaban J connectivity index is 2.09. The molecule has 1 aromatic carbocycles. The fourth-order valence-electron chi connectivity index (χ4n) is 1.80. The van der Waals surface area contributed by atoms with E-state index in [1.165, 1.54) is 0 Å². The number of carbonyl (C=O) groups excluding carboxylic acids is 1. The van der Waals surface area contributed by atoms with E-state index in [1.54, 1.807) is 29.2 Å². The van der Waals surface area contributed by atoms with Gasteiger partial charge in [-0.3, -0.25) is 4.79 Å². The SMILES string of the molecule is O=C(c1cccc(Cl)c1)N1CCOC(CCl)C1. The van der Waals surface area contributed by atoms with E-state index in [0.29, 0.717) is 36.2 Å². The van der Waals surface area contributed by atoms with Gasteiger partial charge in [0.25, 0.3) is 5.91 Å². The Bertz CT molecular complexity index is 411. The lowest BCUT2D eigenvalue weighted by Crippen LogP contribution is -2.46. The van der Waals surface area contributed by atoms with Crippen molar-refractivity contribution >= 4 is 29.1 Å². The van der Waals surface area contributed by atoms with E-state index >= 15 is 0 Å². The number of hydrogen-bond donors (Lipinski definition) is 0. The predicted octanol–water partition coefficient (Wildman–Crippen LogP) is 2.42. The number of halogens is 2. The lowest BCUT2D eigenvalue weighted by Gasteiger charge is -2.32. The van der Waals surface area contributed by atoms with E-state index in [4.69, 9.17) is 27.9 Å². The third-order valence-electron chi connectivity index (χ3n) is 2.67. The zero-order chi connectivity index (χ0) is 12.3. The number of carbonyl (C=O) groups is 1. The number of rotatable bonds is 2. The minimum atomic E-state index is -0.0754. The van der Waals surface area contributed by atoms with Crippen molar-refractivity contribution in [2.45, 2.75) is 6.10 Å².